The molecule has 0 spiro atoms. The fourth-order valence-corrected chi connectivity index (χ4v) is 1.98. The summed E-state index contributed by atoms with van der Waals surface area (Å²) in [5.41, 5.74) is 0. The molecule has 0 aromatic carbocycles. The van der Waals surface area contributed by atoms with Crippen molar-refractivity contribution in [3.8, 4) is 0 Å². The molecular weight excluding hydrogens is 152 g/mol. The van der Waals surface area contributed by atoms with Crippen LogP contribution in [0.5, 0.6) is 0 Å². The van der Waals surface area contributed by atoms with Crippen LogP contribution >= 0.6 is 0 Å². The molecule has 3 nitrogen and oxygen atoms in total. The number of hydrogen-bond acceptors (Lipinski definition) is 3. The largest absolute Gasteiger partial charge is 0.383 e. The van der Waals surface area contributed by atoms with Crippen LogP contribution in [-0.2, 0) is 4.74 Å². The fraction of sp³-hybridized carbons (Fsp3) is 1.00. The molecule has 0 amide bonds. The van der Waals surface area contributed by atoms with Crippen molar-refractivity contribution in [2.24, 2.45) is 0 Å². The maximum absolute atomic E-state index is 5.20. The van der Waals surface area contributed by atoms with Gasteiger partial charge in [0.2, 0.25) is 0 Å². The molecule has 72 valence electrons. The van der Waals surface area contributed by atoms with E-state index in [1.165, 1.54) is 19.4 Å². The Bertz CT molecular complexity index is 130. The van der Waals surface area contributed by atoms with Crippen LogP contribution < -0.4 is 5.32 Å². The topological polar surface area (TPSA) is 24.5 Å². The molecule has 0 aromatic rings. The van der Waals surface area contributed by atoms with Gasteiger partial charge in [-0.25, -0.2) is 0 Å². The third kappa shape index (κ3) is 2.19. The van der Waals surface area contributed by atoms with Crippen molar-refractivity contribution < 1.29 is 4.74 Å². The molecule has 1 heterocycles. The zero-order valence-electron chi connectivity index (χ0n) is 8.34. The lowest BCUT2D eigenvalue weighted by Crippen LogP contribution is -2.53. The maximum atomic E-state index is 5.20. The van der Waals surface area contributed by atoms with Crippen LogP contribution in [0.15, 0.2) is 0 Å². The normalized spacial score (nSPS) is 32.2. The minimum atomic E-state index is 0.550. The molecule has 0 bridgehead atoms. The van der Waals surface area contributed by atoms with Gasteiger partial charge in [0.1, 0.15) is 0 Å². The fourth-order valence-electron chi connectivity index (χ4n) is 1.98. The number of likely N-dealkylation sites (tertiary alicyclic amines) is 1. The number of piperidine rings is 1. The van der Waals surface area contributed by atoms with Gasteiger partial charge in [0.05, 0.1) is 6.61 Å². The van der Waals surface area contributed by atoms with Gasteiger partial charge < -0.3 is 10.1 Å². The highest BCUT2D eigenvalue weighted by molar-refractivity contribution is 4.86. The Morgan fingerprint density at radius 3 is 2.92 bits per heavy atom. The van der Waals surface area contributed by atoms with Crippen LogP contribution in [0.1, 0.15) is 12.8 Å². The summed E-state index contributed by atoms with van der Waals surface area (Å²) in [6.07, 6.45) is 2.57. The summed E-state index contributed by atoms with van der Waals surface area (Å²) >= 11 is 0. The standard InChI is InChI=1S/C9H20N2O/c1-10-8-5-4-6-11(2)9(8)7-12-3/h8-10H,4-7H2,1-3H3. The van der Waals surface area contributed by atoms with E-state index in [1.807, 2.05) is 7.05 Å². The van der Waals surface area contributed by atoms with E-state index in [1.54, 1.807) is 7.11 Å². The number of nitrogens with zero attached hydrogens (tertiary/aromatic N) is 1. The first-order chi connectivity index (χ1) is 5.79. The third-order valence-electron chi connectivity index (χ3n) is 2.76. The van der Waals surface area contributed by atoms with Gasteiger partial charge in [-0.3, -0.25) is 4.90 Å². The van der Waals surface area contributed by atoms with E-state index < -0.39 is 0 Å². The summed E-state index contributed by atoms with van der Waals surface area (Å²) in [5.74, 6) is 0. The van der Waals surface area contributed by atoms with Crippen LogP contribution in [0.25, 0.3) is 0 Å². The molecule has 0 aromatic heterocycles. The number of ether oxygens (including phenoxy) is 1. The monoisotopic (exact) mass is 172 g/mol. The van der Waals surface area contributed by atoms with E-state index in [9.17, 15) is 0 Å². The van der Waals surface area contributed by atoms with Crippen molar-refractivity contribution in [1.82, 2.24) is 10.2 Å². The van der Waals surface area contributed by atoms with Crippen molar-refractivity contribution >= 4 is 0 Å². The number of rotatable bonds is 3. The Labute approximate surface area is 75.1 Å². The van der Waals surface area contributed by atoms with E-state index in [-0.39, 0.29) is 0 Å². The zero-order chi connectivity index (χ0) is 8.97. The lowest BCUT2D eigenvalue weighted by atomic mass is 9.97. The van der Waals surface area contributed by atoms with Gasteiger partial charge in [-0.2, -0.15) is 0 Å². The smallest absolute Gasteiger partial charge is 0.0633 e. The van der Waals surface area contributed by atoms with Gasteiger partial charge in [-0.15, -0.1) is 0 Å². The minimum Gasteiger partial charge on any atom is -0.383 e. The first kappa shape index (κ1) is 9.96. The van der Waals surface area contributed by atoms with E-state index in [0.29, 0.717) is 12.1 Å². The Kier molecular flexibility index (Phi) is 3.98. The summed E-state index contributed by atoms with van der Waals surface area (Å²) in [6, 6.07) is 1.15. The molecule has 1 fully saturated rings. The Balaban J connectivity index is 2.47. The molecule has 2 unspecified atom stereocenters. The second-order valence-corrected chi connectivity index (χ2v) is 3.54. The molecule has 1 saturated heterocycles. The molecule has 1 aliphatic heterocycles. The second kappa shape index (κ2) is 4.80. The van der Waals surface area contributed by atoms with Gasteiger partial charge in [0.25, 0.3) is 0 Å². The van der Waals surface area contributed by atoms with Crippen LogP contribution in [0.4, 0.5) is 0 Å². The van der Waals surface area contributed by atoms with Crippen LogP contribution in [-0.4, -0.2) is 51.3 Å². The Hall–Kier alpha value is -0.120. The van der Waals surface area contributed by atoms with Crippen molar-refractivity contribution in [1.29, 1.82) is 0 Å². The van der Waals surface area contributed by atoms with Crippen LogP contribution in [0, 0.1) is 0 Å². The number of hydrogen-bond donors (Lipinski definition) is 1. The molecule has 0 aliphatic carbocycles. The average Bonchev–Trinajstić information content (AvgIpc) is 2.09. The SMILES string of the molecule is CNC1CCCN(C)C1COC. The molecule has 0 radical (unpaired) electrons. The van der Waals surface area contributed by atoms with Crippen molar-refractivity contribution in [2.45, 2.75) is 24.9 Å². The van der Waals surface area contributed by atoms with Crippen molar-refractivity contribution in [3.63, 3.8) is 0 Å². The molecule has 12 heavy (non-hydrogen) atoms. The summed E-state index contributed by atoms with van der Waals surface area (Å²) in [6.45, 7) is 2.04. The number of likely N-dealkylation sites (N-methyl/N-ethyl adjacent to an activating group) is 2. The lowest BCUT2D eigenvalue weighted by molar-refractivity contribution is 0.0613. The lowest BCUT2D eigenvalue weighted by Gasteiger charge is -2.38. The zero-order valence-corrected chi connectivity index (χ0v) is 8.34. The van der Waals surface area contributed by atoms with E-state index >= 15 is 0 Å². The quantitative estimate of drug-likeness (QED) is 0.663. The minimum absolute atomic E-state index is 0.550. The molecule has 0 saturated carbocycles. The summed E-state index contributed by atoms with van der Waals surface area (Å²) in [7, 11) is 5.98. The highest BCUT2D eigenvalue weighted by Crippen LogP contribution is 2.15. The Morgan fingerprint density at radius 2 is 2.33 bits per heavy atom. The van der Waals surface area contributed by atoms with Crippen LogP contribution in [0.3, 0.4) is 0 Å². The Morgan fingerprint density at radius 1 is 1.58 bits per heavy atom. The first-order valence-corrected chi connectivity index (χ1v) is 4.66. The summed E-state index contributed by atoms with van der Waals surface area (Å²) in [4.78, 5) is 2.38. The van der Waals surface area contributed by atoms with Gasteiger partial charge in [-0.05, 0) is 33.5 Å². The summed E-state index contributed by atoms with van der Waals surface area (Å²) in [5, 5.41) is 3.35. The summed E-state index contributed by atoms with van der Waals surface area (Å²) < 4.78 is 5.20. The predicted molar refractivity (Wildman–Crippen MR) is 50.4 cm³/mol. The molecule has 2 atom stereocenters. The highest BCUT2D eigenvalue weighted by Gasteiger charge is 2.27. The van der Waals surface area contributed by atoms with E-state index in [4.69, 9.17) is 4.74 Å². The average molecular weight is 172 g/mol. The number of nitrogens with one attached hydrogen (secondary N) is 1. The van der Waals surface area contributed by atoms with Crippen molar-refractivity contribution in [2.75, 3.05) is 34.4 Å². The van der Waals surface area contributed by atoms with Gasteiger partial charge in [0.15, 0.2) is 0 Å². The molecule has 1 N–H and O–H groups in total. The maximum Gasteiger partial charge on any atom is 0.0633 e. The second-order valence-electron chi connectivity index (χ2n) is 3.54. The first-order valence-electron chi connectivity index (χ1n) is 4.66. The molecule has 1 rings (SSSR count). The molecule has 3 heteroatoms. The van der Waals surface area contributed by atoms with Gasteiger partial charge in [0, 0.05) is 19.2 Å². The molecule has 1 aliphatic rings. The predicted octanol–water partition coefficient (Wildman–Crippen LogP) is 0.315. The third-order valence-corrected chi connectivity index (χ3v) is 2.76. The van der Waals surface area contributed by atoms with E-state index in [2.05, 4.69) is 17.3 Å². The van der Waals surface area contributed by atoms with Crippen LogP contribution in [0.2, 0.25) is 0 Å². The van der Waals surface area contributed by atoms with Gasteiger partial charge in [-0.1, -0.05) is 0 Å². The van der Waals surface area contributed by atoms with E-state index in [0.717, 1.165) is 6.61 Å². The molecular formula is C9H20N2O. The van der Waals surface area contributed by atoms with Gasteiger partial charge >= 0.3 is 0 Å². The highest BCUT2D eigenvalue weighted by atomic mass is 16.5. The number of methoxy groups -OCH3 is 1. The van der Waals surface area contributed by atoms with Crippen molar-refractivity contribution in [3.05, 3.63) is 0 Å².